The van der Waals surface area contributed by atoms with Gasteiger partial charge in [0.05, 0.1) is 6.10 Å². The Labute approximate surface area is 138 Å². The molecule has 1 aromatic carbocycles. The molecule has 2 aliphatic rings. The van der Waals surface area contributed by atoms with Crippen molar-refractivity contribution in [2.45, 2.75) is 44.8 Å². The van der Waals surface area contributed by atoms with Gasteiger partial charge in [-0.3, -0.25) is 4.79 Å². The summed E-state index contributed by atoms with van der Waals surface area (Å²) >= 11 is 0. The summed E-state index contributed by atoms with van der Waals surface area (Å²) in [5, 5.41) is 3.31. The predicted molar refractivity (Wildman–Crippen MR) is 89.9 cm³/mol. The van der Waals surface area contributed by atoms with Gasteiger partial charge in [-0.05, 0) is 50.8 Å². The van der Waals surface area contributed by atoms with Gasteiger partial charge >= 0.3 is 0 Å². The van der Waals surface area contributed by atoms with E-state index in [2.05, 4.69) is 12.2 Å². The van der Waals surface area contributed by atoms with Crippen LogP contribution in [0.25, 0.3) is 0 Å². The second-order valence-corrected chi connectivity index (χ2v) is 6.10. The standard InChI is InChI=1S/C17H24N2O2.ClH/c1-13-12-18-9-10-19(13)17(20)14-5-4-8-16(11-14)21-15-6-2-3-7-15;/h4-5,8,11,13,15,18H,2-3,6-7,9-10,12H2,1H3;1H/t13-;/m1./s1. The molecule has 0 unspecified atom stereocenters. The summed E-state index contributed by atoms with van der Waals surface area (Å²) in [4.78, 5) is 14.6. The van der Waals surface area contributed by atoms with Crippen LogP contribution in [0.1, 0.15) is 43.0 Å². The topological polar surface area (TPSA) is 41.6 Å². The average Bonchev–Trinajstić information content (AvgIpc) is 3.00. The summed E-state index contributed by atoms with van der Waals surface area (Å²) < 4.78 is 6.00. The van der Waals surface area contributed by atoms with Crippen molar-refractivity contribution in [1.29, 1.82) is 0 Å². The Morgan fingerprint density at radius 1 is 1.32 bits per heavy atom. The Morgan fingerprint density at radius 2 is 2.09 bits per heavy atom. The van der Waals surface area contributed by atoms with Crippen LogP contribution in [-0.2, 0) is 0 Å². The van der Waals surface area contributed by atoms with Crippen molar-refractivity contribution < 1.29 is 9.53 Å². The Kier molecular flexibility index (Phi) is 6.09. The molecule has 1 atom stereocenters. The third-order valence-electron chi connectivity index (χ3n) is 4.45. The summed E-state index contributed by atoms with van der Waals surface area (Å²) in [7, 11) is 0. The van der Waals surface area contributed by atoms with E-state index in [1.807, 2.05) is 29.2 Å². The van der Waals surface area contributed by atoms with E-state index >= 15 is 0 Å². The summed E-state index contributed by atoms with van der Waals surface area (Å²) in [6, 6.07) is 7.90. The van der Waals surface area contributed by atoms with Gasteiger partial charge in [-0.2, -0.15) is 0 Å². The molecule has 1 saturated carbocycles. The van der Waals surface area contributed by atoms with Crippen LogP contribution in [0.3, 0.4) is 0 Å². The minimum Gasteiger partial charge on any atom is -0.490 e. The number of hydrogen-bond donors (Lipinski definition) is 1. The molecule has 1 aromatic rings. The van der Waals surface area contributed by atoms with Crippen LogP contribution in [0.15, 0.2) is 24.3 Å². The van der Waals surface area contributed by atoms with Crippen molar-refractivity contribution in [3.63, 3.8) is 0 Å². The highest BCUT2D eigenvalue weighted by molar-refractivity contribution is 5.94. The highest BCUT2D eigenvalue weighted by Gasteiger charge is 2.24. The maximum atomic E-state index is 12.6. The third-order valence-corrected chi connectivity index (χ3v) is 4.45. The van der Waals surface area contributed by atoms with Gasteiger partial charge in [0.15, 0.2) is 0 Å². The fourth-order valence-corrected chi connectivity index (χ4v) is 3.21. The van der Waals surface area contributed by atoms with Crippen molar-refractivity contribution in [1.82, 2.24) is 10.2 Å². The minimum absolute atomic E-state index is 0. The number of piperazine rings is 1. The lowest BCUT2D eigenvalue weighted by molar-refractivity contribution is 0.0655. The van der Waals surface area contributed by atoms with Crippen molar-refractivity contribution in [3.8, 4) is 5.75 Å². The molecule has 0 bridgehead atoms. The van der Waals surface area contributed by atoms with Gasteiger partial charge in [0, 0.05) is 31.2 Å². The van der Waals surface area contributed by atoms with Crippen molar-refractivity contribution >= 4 is 18.3 Å². The number of halogens is 1. The highest BCUT2D eigenvalue weighted by atomic mass is 35.5. The largest absolute Gasteiger partial charge is 0.490 e. The van der Waals surface area contributed by atoms with Crippen LogP contribution in [0, 0.1) is 0 Å². The molecular formula is C17H25ClN2O2. The zero-order chi connectivity index (χ0) is 14.7. The first-order valence-electron chi connectivity index (χ1n) is 8.02. The first kappa shape index (κ1) is 17.1. The molecule has 0 radical (unpaired) electrons. The van der Waals surface area contributed by atoms with Crippen molar-refractivity contribution in [2.24, 2.45) is 0 Å². The molecule has 2 fully saturated rings. The molecule has 4 nitrogen and oxygen atoms in total. The van der Waals surface area contributed by atoms with Gasteiger partial charge in [-0.1, -0.05) is 6.07 Å². The van der Waals surface area contributed by atoms with E-state index in [4.69, 9.17) is 4.74 Å². The molecule has 1 heterocycles. The van der Waals surface area contributed by atoms with Gasteiger partial charge in [-0.25, -0.2) is 0 Å². The van der Waals surface area contributed by atoms with Crippen molar-refractivity contribution in [3.05, 3.63) is 29.8 Å². The second-order valence-electron chi connectivity index (χ2n) is 6.10. The molecule has 22 heavy (non-hydrogen) atoms. The van der Waals surface area contributed by atoms with Gasteiger partial charge in [0.2, 0.25) is 0 Å². The molecule has 1 aliphatic carbocycles. The Balaban J connectivity index is 0.00000176. The van der Waals surface area contributed by atoms with Gasteiger partial charge < -0.3 is 15.0 Å². The van der Waals surface area contributed by atoms with E-state index in [-0.39, 0.29) is 24.4 Å². The smallest absolute Gasteiger partial charge is 0.254 e. The Bertz CT molecular complexity index is 503. The maximum absolute atomic E-state index is 12.6. The van der Waals surface area contributed by atoms with Crippen LogP contribution in [0.4, 0.5) is 0 Å². The lowest BCUT2D eigenvalue weighted by Gasteiger charge is -2.34. The zero-order valence-electron chi connectivity index (χ0n) is 13.1. The maximum Gasteiger partial charge on any atom is 0.254 e. The van der Waals surface area contributed by atoms with Gasteiger partial charge in [-0.15, -0.1) is 12.4 Å². The molecule has 1 N–H and O–H groups in total. The Hall–Kier alpha value is -1.26. The second kappa shape index (κ2) is 7.84. The van der Waals surface area contributed by atoms with Crippen molar-refractivity contribution in [2.75, 3.05) is 19.6 Å². The molecule has 0 spiro atoms. The number of ether oxygens (including phenoxy) is 1. The number of nitrogens with zero attached hydrogens (tertiary/aromatic N) is 1. The lowest BCUT2D eigenvalue weighted by atomic mass is 10.1. The minimum atomic E-state index is 0. The lowest BCUT2D eigenvalue weighted by Crippen LogP contribution is -2.52. The van der Waals surface area contributed by atoms with E-state index in [9.17, 15) is 4.79 Å². The van der Waals surface area contributed by atoms with E-state index in [1.54, 1.807) is 0 Å². The molecule has 1 saturated heterocycles. The summed E-state index contributed by atoms with van der Waals surface area (Å²) in [6.45, 7) is 4.59. The number of hydrogen-bond acceptors (Lipinski definition) is 3. The first-order valence-corrected chi connectivity index (χ1v) is 8.02. The average molecular weight is 325 g/mol. The molecule has 1 amide bonds. The summed E-state index contributed by atoms with van der Waals surface area (Å²) in [5.74, 6) is 0.941. The number of rotatable bonds is 3. The number of amides is 1. The fourth-order valence-electron chi connectivity index (χ4n) is 3.21. The van der Waals surface area contributed by atoms with Crippen LogP contribution >= 0.6 is 12.4 Å². The third kappa shape index (κ3) is 3.93. The van der Waals surface area contributed by atoms with Gasteiger partial charge in [0.25, 0.3) is 5.91 Å². The van der Waals surface area contributed by atoms with E-state index < -0.39 is 0 Å². The van der Waals surface area contributed by atoms with E-state index in [0.29, 0.717) is 6.10 Å². The van der Waals surface area contributed by atoms with E-state index in [0.717, 1.165) is 43.8 Å². The molecule has 1 aliphatic heterocycles. The van der Waals surface area contributed by atoms with Crippen LogP contribution in [-0.4, -0.2) is 42.6 Å². The van der Waals surface area contributed by atoms with Crippen LogP contribution in [0.5, 0.6) is 5.75 Å². The zero-order valence-corrected chi connectivity index (χ0v) is 13.9. The molecular weight excluding hydrogens is 300 g/mol. The molecule has 0 aromatic heterocycles. The molecule has 122 valence electrons. The summed E-state index contributed by atoms with van der Waals surface area (Å²) in [5.41, 5.74) is 0.735. The van der Waals surface area contributed by atoms with E-state index in [1.165, 1.54) is 12.8 Å². The number of benzene rings is 1. The van der Waals surface area contributed by atoms with Gasteiger partial charge in [0.1, 0.15) is 5.75 Å². The first-order chi connectivity index (χ1) is 10.2. The number of carbonyl (C=O) groups excluding carboxylic acids is 1. The normalized spacial score (nSPS) is 22.2. The SMILES string of the molecule is C[C@@H]1CNCCN1C(=O)c1cccc(OC2CCCC2)c1.Cl. The highest BCUT2D eigenvalue weighted by Crippen LogP contribution is 2.25. The van der Waals surface area contributed by atoms with Crippen LogP contribution in [0.2, 0.25) is 0 Å². The Morgan fingerprint density at radius 3 is 2.82 bits per heavy atom. The molecule has 5 heteroatoms. The fraction of sp³-hybridized carbons (Fsp3) is 0.588. The number of nitrogens with one attached hydrogen (secondary N) is 1. The molecule has 3 rings (SSSR count). The number of carbonyl (C=O) groups is 1. The summed E-state index contributed by atoms with van der Waals surface area (Å²) in [6.07, 6.45) is 5.09. The quantitative estimate of drug-likeness (QED) is 0.929. The predicted octanol–water partition coefficient (Wildman–Crippen LogP) is 2.86. The monoisotopic (exact) mass is 324 g/mol. The van der Waals surface area contributed by atoms with Crippen LogP contribution < -0.4 is 10.1 Å².